The maximum absolute atomic E-state index is 13.1. The molecule has 0 spiro atoms. The van der Waals surface area contributed by atoms with Crippen LogP contribution in [0, 0.1) is 11.6 Å². The Hall–Kier alpha value is -2.48. The van der Waals surface area contributed by atoms with E-state index in [1.165, 1.54) is 0 Å². The predicted molar refractivity (Wildman–Crippen MR) is 64.9 cm³/mol. The highest BCUT2D eigenvalue weighted by atomic mass is 35.5. The highest BCUT2D eigenvalue weighted by molar-refractivity contribution is 6.34. The van der Waals surface area contributed by atoms with Crippen LogP contribution in [-0.2, 0) is 0 Å². The molecule has 2 rings (SSSR count). The van der Waals surface area contributed by atoms with Crippen LogP contribution in [-0.4, -0.2) is 27.2 Å². The largest absolute Gasteiger partial charge is 0.477 e. The number of nitrogens with one attached hydrogen (secondary N) is 2. The first kappa shape index (κ1) is 13.9. The van der Waals surface area contributed by atoms with Crippen molar-refractivity contribution in [1.82, 2.24) is 10.2 Å². The molecule has 9 heteroatoms. The second kappa shape index (κ2) is 5.25. The van der Waals surface area contributed by atoms with E-state index in [0.717, 1.165) is 6.07 Å². The summed E-state index contributed by atoms with van der Waals surface area (Å²) in [4.78, 5) is 22.4. The van der Waals surface area contributed by atoms with Gasteiger partial charge in [-0.3, -0.25) is 9.89 Å². The van der Waals surface area contributed by atoms with Gasteiger partial charge in [0.1, 0.15) is 5.69 Å². The fourth-order valence-corrected chi connectivity index (χ4v) is 1.61. The van der Waals surface area contributed by atoms with Gasteiger partial charge >= 0.3 is 5.97 Å². The summed E-state index contributed by atoms with van der Waals surface area (Å²) in [7, 11) is 0. The summed E-state index contributed by atoms with van der Waals surface area (Å²) in [5.41, 5.74) is -0.540. The Kier molecular flexibility index (Phi) is 3.66. The van der Waals surface area contributed by atoms with Crippen LogP contribution in [0.4, 0.5) is 14.6 Å². The van der Waals surface area contributed by atoms with E-state index in [2.05, 4.69) is 15.5 Å². The molecule has 0 atom stereocenters. The highest BCUT2D eigenvalue weighted by Gasteiger charge is 2.17. The zero-order valence-corrected chi connectivity index (χ0v) is 10.3. The van der Waals surface area contributed by atoms with Crippen molar-refractivity contribution in [3.05, 3.63) is 46.1 Å². The van der Waals surface area contributed by atoms with Crippen LogP contribution in [0.1, 0.15) is 20.8 Å². The molecule has 0 saturated carbocycles. The maximum Gasteiger partial charge on any atom is 0.353 e. The first-order chi connectivity index (χ1) is 9.38. The molecular weight excluding hydrogens is 296 g/mol. The fraction of sp³-hybridized carbons (Fsp3) is 0. The number of carbonyl (C=O) groups excluding carboxylic acids is 1. The van der Waals surface area contributed by atoms with Gasteiger partial charge in [0, 0.05) is 6.07 Å². The minimum Gasteiger partial charge on any atom is -0.477 e. The van der Waals surface area contributed by atoms with Crippen LogP contribution in [0.3, 0.4) is 0 Å². The third-order valence-electron chi connectivity index (χ3n) is 2.30. The maximum atomic E-state index is 13.1. The molecule has 0 radical (unpaired) electrons. The van der Waals surface area contributed by atoms with Gasteiger partial charge in [0.25, 0.3) is 5.91 Å². The van der Waals surface area contributed by atoms with Crippen LogP contribution >= 0.6 is 11.6 Å². The normalized spacial score (nSPS) is 10.3. The third kappa shape index (κ3) is 2.75. The lowest BCUT2D eigenvalue weighted by atomic mass is 10.2. The molecule has 6 nitrogen and oxygen atoms in total. The molecular formula is C11H6ClF2N3O3. The number of aromatic carboxylic acids is 1. The highest BCUT2D eigenvalue weighted by Crippen LogP contribution is 2.21. The molecule has 0 aliphatic rings. The number of anilines is 1. The fourth-order valence-electron chi connectivity index (χ4n) is 1.38. The van der Waals surface area contributed by atoms with Gasteiger partial charge in [-0.25, -0.2) is 13.6 Å². The van der Waals surface area contributed by atoms with Crippen molar-refractivity contribution >= 4 is 29.3 Å². The molecule has 1 amide bonds. The quantitative estimate of drug-likeness (QED) is 0.758. The lowest BCUT2D eigenvalue weighted by Crippen LogP contribution is -2.13. The second-order valence-corrected chi connectivity index (χ2v) is 4.08. The van der Waals surface area contributed by atoms with Crippen LogP contribution in [0.2, 0.25) is 5.02 Å². The van der Waals surface area contributed by atoms with Crippen molar-refractivity contribution in [2.75, 3.05) is 5.32 Å². The monoisotopic (exact) mass is 301 g/mol. The minimum atomic E-state index is -1.26. The van der Waals surface area contributed by atoms with Gasteiger partial charge in [0.05, 0.1) is 10.6 Å². The van der Waals surface area contributed by atoms with Crippen LogP contribution in [0.15, 0.2) is 18.2 Å². The number of hydrogen-bond donors (Lipinski definition) is 3. The molecule has 104 valence electrons. The van der Waals surface area contributed by atoms with E-state index < -0.39 is 23.5 Å². The molecule has 0 unspecified atom stereocenters. The molecule has 0 aliphatic heterocycles. The van der Waals surface area contributed by atoms with Gasteiger partial charge in [-0.05, 0) is 12.1 Å². The Bertz CT molecular complexity index is 702. The first-order valence-corrected chi connectivity index (χ1v) is 5.51. The zero-order valence-electron chi connectivity index (χ0n) is 9.58. The third-order valence-corrected chi connectivity index (χ3v) is 2.62. The number of carboxylic acid groups (broad SMARTS) is 1. The van der Waals surface area contributed by atoms with Gasteiger partial charge in [-0.2, -0.15) is 5.10 Å². The Morgan fingerprint density at radius 2 is 1.90 bits per heavy atom. The molecule has 1 aromatic heterocycles. The lowest BCUT2D eigenvalue weighted by molar-refractivity contribution is 0.0690. The Labute approximate surface area is 115 Å². The van der Waals surface area contributed by atoms with Crippen molar-refractivity contribution in [2.24, 2.45) is 0 Å². The van der Waals surface area contributed by atoms with E-state index in [1.807, 2.05) is 0 Å². The summed E-state index contributed by atoms with van der Waals surface area (Å²) in [6.07, 6.45) is 0. The average Bonchev–Trinajstić information content (AvgIpc) is 2.82. The summed E-state index contributed by atoms with van der Waals surface area (Å²) >= 11 is 5.63. The standard InChI is InChI=1S/C11H6ClF2N3O3/c12-5-2-7(14)6(13)1-4(5)10(18)15-9-3-8(11(19)20)16-17-9/h1-3H,(H,19,20)(H2,15,16,17,18). The van der Waals surface area contributed by atoms with Crippen molar-refractivity contribution in [3.63, 3.8) is 0 Å². The number of benzene rings is 1. The smallest absolute Gasteiger partial charge is 0.353 e. The van der Waals surface area contributed by atoms with Gasteiger partial charge in [0.15, 0.2) is 17.5 Å². The number of carboxylic acids is 1. The number of halogens is 3. The molecule has 0 saturated heterocycles. The summed E-state index contributed by atoms with van der Waals surface area (Å²) in [6, 6.07) is 2.37. The van der Waals surface area contributed by atoms with Crippen LogP contribution < -0.4 is 5.32 Å². The SMILES string of the molecule is O=C(O)c1cc(NC(=O)c2cc(F)c(F)cc2Cl)n[nH]1. The molecule has 2 aromatic rings. The van der Waals surface area contributed by atoms with E-state index in [1.54, 1.807) is 0 Å². The Morgan fingerprint density at radius 3 is 2.50 bits per heavy atom. The number of aromatic nitrogens is 2. The number of aromatic amines is 1. The number of carbonyl (C=O) groups is 2. The number of hydrogen-bond acceptors (Lipinski definition) is 3. The van der Waals surface area contributed by atoms with Crippen molar-refractivity contribution in [3.8, 4) is 0 Å². The van der Waals surface area contributed by atoms with Crippen molar-refractivity contribution in [1.29, 1.82) is 0 Å². The van der Waals surface area contributed by atoms with Crippen molar-refractivity contribution < 1.29 is 23.5 Å². The predicted octanol–water partition coefficient (Wildman–Crippen LogP) is 2.29. The molecule has 20 heavy (non-hydrogen) atoms. The van der Waals surface area contributed by atoms with Gasteiger partial charge in [0.2, 0.25) is 0 Å². The molecule has 1 aromatic carbocycles. The summed E-state index contributed by atoms with van der Waals surface area (Å²) in [6.45, 7) is 0. The van der Waals surface area contributed by atoms with E-state index in [4.69, 9.17) is 16.7 Å². The van der Waals surface area contributed by atoms with E-state index in [-0.39, 0.29) is 22.1 Å². The Balaban J connectivity index is 2.23. The first-order valence-electron chi connectivity index (χ1n) is 5.13. The van der Waals surface area contributed by atoms with Crippen molar-refractivity contribution in [2.45, 2.75) is 0 Å². The summed E-state index contributed by atoms with van der Waals surface area (Å²) in [5, 5.41) is 16.3. The second-order valence-electron chi connectivity index (χ2n) is 3.67. The van der Waals surface area contributed by atoms with E-state index >= 15 is 0 Å². The lowest BCUT2D eigenvalue weighted by Gasteiger charge is -2.04. The van der Waals surface area contributed by atoms with Crippen LogP contribution in [0.25, 0.3) is 0 Å². The summed E-state index contributed by atoms with van der Waals surface area (Å²) < 4.78 is 25.9. The zero-order chi connectivity index (χ0) is 14.9. The molecule has 0 aliphatic carbocycles. The number of nitrogens with zero attached hydrogens (tertiary/aromatic N) is 1. The van der Waals surface area contributed by atoms with Gasteiger partial charge in [-0.15, -0.1) is 0 Å². The number of H-pyrrole nitrogens is 1. The molecule has 0 bridgehead atoms. The Morgan fingerprint density at radius 1 is 1.25 bits per heavy atom. The average molecular weight is 302 g/mol. The number of amides is 1. The van der Waals surface area contributed by atoms with E-state index in [9.17, 15) is 18.4 Å². The van der Waals surface area contributed by atoms with E-state index in [0.29, 0.717) is 12.1 Å². The minimum absolute atomic E-state index is 0.0896. The van der Waals surface area contributed by atoms with Gasteiger partial charge in [-0.1, -0.05) is 11.6 Å². The van der Waals surface area contributed by atoms with Gasteiger partial charge < -0.3 is 10.4 Å². The molecule has 3 N–H and O–H groups in total. The topological polar surface area (TPSA) is 95.1 Å². The molecule has 1 heterocycles. The summed E-state index contributed by atoms with van der Waals surface area (Å²) in [5.74, 6) is -4.61. The number of rotatable bonds is 3. The molecule has 0 fully saturated rings. The van der Waals surface area contributed by atoms with Crippen LogP contribution in [0.5, 0.6) is 0 Å².